The summed E-state index contributed by atoms with van der Waals surface area (Å²) >= 11 is 2.49. The van der Waals surface area contributed by atoms with Gasteiger partial charge < -0.3 is 10.1 Å². The molecule has 0 spiro atoms. The Labute approximate surface area is 165 Å². The maximum absolute atomic E-state index is 12.4. The van der Waals surface area contributed by atoms with Crippen LogP contribution in [0.2, 0.25) is 0 Å². The number of fused-ring (bicyclic) bond motifs is 1. The van der Waals surface area contributed by atoms with Gasteiger partial charge in [-0.15, -0.1) is 22.6 Å². The van der Waals surface area contributed by atoms with Crippen LogP contribution in [0.15, 0.2) is 28.6 Å². The number of ether oxygens (including phenoxy) is 1. The van der Waals surface area contributed by atoms with E-state index >= 15 is 0 Å². The molecule has 0 fully saturated rings. The summed E-state index contributed by atoms with van der Waals surface area (Å²) in [5, 5.41) is 14.4. The predicted molar refractivity (Wildman–Crippen MR) is 104 cm³/mol. The molecule has 0 aliphatic carbocycles. The Hall–Kier alpha value is -1.68. The van der Waals surface area contributed by atoms with E-state index < -0.39 is 0 Å². The standard InChI is InChI=1S/C16H18N4O3S2.ClH/c1-2-23-13(21)9-24-16-20-19-15(25-16)18-14(22)12-7-10-5-3-4-6-11(10)8-17-12;/h3-6,12,17H,2,7-9H2,1H3,(H,18,19,22);1H. The summed E-state index contributed by atoms with van der Waals surface area (Å²) in [7, 11) is 0. The predicted octanol–water partition coefficient (Wildman–Crippen LogP) is 2.27. The molecule has 2 aromatic rings. The zero-order chi connectivity index (χ0) is 17.6. The number of aromatic nitrogens is 2. The maximum Gasteiger partial charge on any atom is 0.316 e. The quantitative estimate of drug-likeness (QED) is 0.425. The van der Waals surface area contributed by atoms with Gasteiger partial charge in [0.25, 0.3) is 0 Å². The molecular formula is C16H19ClN4O3S2. The first-order chi connectivity index (χ1) is 12.2. The minimum atomic E-state index is -0.297. The first-order valence-corrected chi connectivity index (χ1v) is 9.69. The number of rotatable bonds is 6. The van der Waals surface area contributed by atoms with Crippen LogP contribution in [0.3, 0.4) is 0 Å². The van der Waals surface area contributed by atoms with E-state index in [-0.39, 0.29) is 36.1 Å². The number of nitrogens with zero attached hydrogens (tertiary/aromatic N) is 2. The second kappa shape index (κ2) is 9.86. The number of esters is 1. The Kier molecular flexibility index (Phi) is 7.83. The number of thioether (sulfide) groups is 1. The second-order valence-corrected chi connectivity index (χ2v) is 7.56. The highest BCUT2D eigenvalue weighted by Crippen LogP contribution is 2.26. The number of carbonyl (C=O) groups is 2. The van der Waals surface area contributed by atoms with Crippen molar-refractivity contribution in [1.29, 1.82) is 0 Å². The minimum Gasteiger partial charge on any atom is -0.465 e. The average Bonchev–Trinajstić information content (AvgIpc) is 3.07. The van der Waals surface area contributed by atoms with Gasteiger partial charge in [-0.1, -0.05) is 47.4 Å². The lowest BCUT2D eigenvalue weighted by Crippen LogP contribution is -2.44. The van der Waals surface area contributed by atoms with E-state index in [1.54, 1.807) is 6.92 Å². The number of hydrogen-bond acceptors (Lipinski definition) is 8. The molecule has 140 valence electrons. The van der Waals surface area contributed by atoms with Crippen LogP contribution in [0.5, 0.6) is 0 Å². The summed E-state index contributed by atoms with van der Waals surface area (Å²) < 4.78 is 5.48. The lowest BCUT2D eigenvalue weighted by Gasteiger charge is -2.24. The van der Waals surface area contributed by atoms with Crippen LogP contribution in [0.4, 0.5) is 5.13 Å². The molecular weight excluding hydrogens is 396 g/mol. The summed E-state index contributed by atoms with van der Waals surface area (Å²) in [4.78, 5) is 23.8. The summed E-state index contributed by atoms with van der Waals surface area (Å²) in [6.45, 7) is 2.79. The van der Waals surface area contributed by atoms with Crippen molar-refractivity contribution in [1.82, 2.24) is 15.5 Å². The first-order valence-electron chi connectivity index (χ1n) is 7.88. The van der Waals surface area contributed by atoms with Gasteiger partial charge >= 0.3 is 5.97 Å². The van der Waals surface area contributed by atoms with Gasteiger partial charge in [-0.3, -0.25) is 14.9 Å². The van der Waals surface area contributed by atoms with Crippen LogP contribution in [-0.4, -0.2) is 40.5 Å². The number of nitrogens with one attached hydrogen (secondary N) is 2. The molecule has 1 aromatic carbocycles. The van der Waals surface area contributed by atoms with Crippen LogP contribution in [0.1, 0.15) is 18.1 Å². The molecule has 0 bridgehead atoms. The van der Waals surface area contributed by atoms with Crippen molar-refractivity contribution in [3.63, 3.8) is 0 Å². The Morgan fingerprint density at radius 3 is 2.88 bits per heavy atom. The van der Waals surface area contributed by atoms with E-state index in [2.05, 4.69) is 26.9 Å². The van der Waals surface area contributed by atoms with Crippen LogP contribution in [-0.2, 0) is 27.3 Å². The zero-order valence-electron chi connectivity index (χ0n) is 14.1. The third-order valence-corrected chi connectivity index (χ3v) is 5.60. The smallest absolute Gasteiger partial charge is 0.316 e. The van der Waals surface area contributed by atoms with Gasteiger partial charge in [-0.05, 0) is 24.5 Å². The summed E-state index contributed by atoms with van der Waals surface area (Å²) in [6, 6.07) is 7.79. The first kappa shape index (κ1) is 20.6. The fraction of sp³-hybridized carbons (Fsp3) is 0.375. The highest BCUT2D eigenvalue weighted by Gasteiger charge is 2.24. The summed E-state index contributed by atoms with van der Waals surface area (Å²) in [6.07, 6.45) is 0.644. The second-order valence-electron chi connectivity index (χ2n) is 5.36. The van der Waals surface area contributed by atoms with Crippen molar-refractivity contribution in [2.45, 2.75) is 30.3 Å². The van der Waals surface area contributed by atoms with Gasteiger partial charge in [0.1, 0.15) is 0 Å². The van der Waals surface area contributed by atoms with Gasteiger partial charge in [0, 0.05) is 6.54 Å². The molecule has 1 aliphatic rings. The van der Waals surface area contributed by atoms with Gasteiger partial charge in [0.2, 0.25) is 11.0 Å². The van der Waals surface area contributed by atoms with E-state index in [0.29, 0.717) is 29.0 Å². The summed E-state index contributed by atoms with van der Waals surface area (Å²) in [5.74, 6) is -0.247. The van der Waals surface area contributed by atoms with E-state index in [1.165, 1.54) is 34.2 Å². The molecule has 26 heavy (non-hydrogen) atoms. The lowest BCUT2D eigenvalue weighted by molar-refractivity contribution is -0.139. The van der Waals surface area contributed by atoms with E-state index in [4.69, 9.17) is 4.74 Å². The molecule has 0 radical (unpaired) electrons. The number of halogens is 1. The minimum absolute atomic E-state index is 0. The molecule has 1 amide bonds. The molecule has 1 aromatic heterocycles. The van der Waals surface area contributed by atoms with E-state index in [9.17, 15) is 9.59 Å². The molecule has 7 nitrogen and oxygen atoms in total. The fourth-order valence-electron chi connectivity index (χ4n) is 2.47. The highest BCUT2D eigenvalue weighted by molar-refractivity contribution is 8.01. The molecule has 1 atom stereocenters. The van der Waals surface area contributed by atoms with E-state index in [0.717, 1.165) is 0 Å². The third kappa shape index (κ3) is 5.41. The summed E-state index contributed by atoms with van der Waals surface area (Å²) in [5.41, 5.74) is 2.41. The maximum atomic E-state index is 12.4. The van der Waals surface area contributed by atoms with Gasteiger partial charge in [-0.25, -0.2) is 0 Å². The largest absolute Gasteiger partial charge is 0.465 e. The number of hydrogen-bond donors (Lipinski definition) is 2. The molecule has 0 saturated heterocycles. The monoisotopic (exact) mass is 414 g/mol. The lowest BCUT2D eigenvalue weighted by atomic mass is 9.95. The number of carbonyl (C=O) groups excluding carboxylic acids is 2. The SMILES string of the molecule is CCOC(=O)CSc1nnc(NC(=O)C2Cc3ccccc3CN2)s1.Cl. The topological polar surface area (TPSA) is 93.2 Å². The number of benzene rings is 1. The van der Waals surface area contributed by atoms with Gasteiger partial charge in [-0.2, -0.15) is 0 Å². The van der Waals surface area contributed by atoms with Gasteiger partial charge in [0.15, 0.2) is 4.34 Å². The molecule has 10 heteroatoms. The molecule has 3 rings (SSSR count). The van der Waals surface area contributed by atoms with Crippen LogP contribution >= 0.6 is 35.5 Å². The Morgan fingerprint density at radius 1 is 1.35 bits per heavy atom. The fourth-order valence-corrected chi connectivity index (χ4v) is 4.03. The zero-order valence-corrected chi connectivity index (χ0v) is 16.5. The molecule has 2 heterocycles. The Bertz CT molecular complexity index is 771. The van der Waals surface area contributed by atoms with Crippen molar-refractivity contribution in [3.05, 3.63) is 35.4 Å². The van der Waals surface area contributed by atoms with Crippen LogP contribution in [0.25, 0.3) is 0 Å². The van der Waals surface area contributed by atoms with Crippen molar-refractivity contribution in [2.24, 2.45) is 0 Å². The molecule has 1 aliphatic heterocycles. The third-order valence-electron chi connectivity index (χ3n) is 3.65. The Morgan fingerprint density at radius 2 is 2.12 bits per heavy atom. The van der Waals surface area contributed by atoms with Crippen molar-refractivity contribution < 1.29 is 14.3 Å². The average molecular weight is 415 g/mol. The van der Waals surface area contributed by atoms with Gasteiger partial charge in [0.05, 0.1) is 18.4 Å². The van der Waals surface area contributed by atoms with Crippen molar-refractivity contribution in [2.75, 3.05) is 17.7 Å². The van der Waals surface area contributed by atoms with Crippen LogP contribution < -0.4 is 10.6 Å². The number of amides is 1. The molecule has 1 unspecified atom stereocenters. The van der Waals surface area contributed by atoms with Crippen molar-refractivity contribution in [3.8, 4) is 0 Å². The molecule has 0 saturated carbocycles. The number of anilines is 1. The normalized spacial score (nSPS) is 15.5. The van der Waals surface area contributed by atoms with E-state index in [1.807, 2.05) is 18.2 Å². The van der Waals surface area contributed by atoms with Crippen molar-refractivity contribution >= 4 is 52.5 Å². The Balaban J connectivity index is 0.00000243. The highest BCUT2D eigenvalue weighted by atomic mass is 35.5. The van der Waals surface area contributed by atoms with Crippen LogP contribution in [0, 0.1) is 0 Å². The molecule has 2 N–H and O–H groups in total.